The number of phenols is 1. The molecule has 2 heterocycles. The number of carbonyl (C=O) groups is 2. The zero-order chi connectivity index (χ0) is 32.5. The minimum absolute atomic E-state index is 0.0344. The average molecular weight is 615 g/mol. The number of methoxy groups -OCH3 is 1. The maximum absolute atomic E-state index is 13.0. The SMILES string of the molecule is CO[C@@H]1[C@@H](OC(N)=O)[C@@H](O)[C@H](Oc2ccc3c(O)c(NC(=O)c4ccc(O)c(CCC(C)C)c4)c(=O)oc3c2C)OC1(C)C. The second-order valence-corrected chi connectivity index (χ2v) is 11.7. The Morgan fingerprint density at radius 1 is 1.16 bits per heavy atom. The summed E-state index contributed by atoms with van der Waals surface area (Å²) >= 11 is 0. The number of benzene rings is 2. The number of carbonyl (C=O) groups excluding carboxylic acids is 2. The Morgan fingerprint density at radius 3 is 2.50 bits per heavy atom. The van der Waals surface area contributed by atoms with E-state index in [0.717, 1.165) is 6.42 Å². The standard InChI is InChI=1S/C31H38N2O11/c1-14(2)7-8-16-13-17(9-11-19(16)34)27(37)33-21-22(35)18-10-12-20(15(3)24(18)42-28(21)38)41-29-23(36)25(43-30(32)39)26(40-6)31(4,5)44-29/h9-14,23,25-26,29,34-36H,7-8H2,1-6H3,(H2,32,39)(H,33,37)/t23-,25+,26-,29-/m1/s1. The van der Waals surface area contributed by atoms with E-state index < -0.39 is 59.3 Å². The number of hydrogen-bond acceptors (Lipinski definition) is 11. The minimum Gasteiger partial charge on any atom is -0.508 e. The summed E-state index contributed by atoms with van der Waals surface area (Å²) < 4.78 is 27.9. The summed E-state index contributed by atoms with van der Waals surface area (Å²) in [6.45, 7) is 8.97. The summed E-state index contributed by atoms with van der Waals surface area (Å²) in [4.78, 5) is 37.5. The van der Waals surface area contributed by atoms with Gasteiger partial charge >= 0.3 is 11.7 Å². The van der Waals surface area contributed by atoms with Crippen molar-refractivity contribution < 1.29 is 48.3 Å². The Hall–Kier alpha value is -4.33. The number of anilines is 1. The van der Waals surface area contributed by atoms with Crippen LogP contribution in [0, 0.1) is 12.8 Å². The first-order valence-electron chi connectivity index (χ1n) is 14.1. The molecule has 0 aliphatic carbocycles. The van der Waals surface area contributed by atoms with Crippen molar-refractivity contribution in [1.29, 1.82) is 0 Å². The Balaban J connectivity index is 1.62. The zero-order valence-electron chi connectivity index (χ0n) is 25.4. The van der Waals surface area contributed by atoms with Gasteiger partial charge in [0.1, 0.15) is 23.2 Å². The first kappa shape index (κ1) is 32.6. The number of hydrogen-bond donors (Lipinski definition) is 5. The molecule has 6 N–H and O–H groups in total. The van der Waals surface area contributed by atoms with Crippen LogP contribution < -0.4 is 21.4 Å². The molecule has 3 aromatic rings. The van der Waals surface area contributed by atoms with E-state index in [4.69, 9.17) is 29.1 Å². The molecule has 1 aliphatic heterocycles. The Kier molecular flexibility index (Phi) is 9.42. The van der Waals surface area contributed by atoms with Crippen molar-refractivity contribution >= 4 is 28.7 Å². The van der Waals surface area contributed by atoms with Gasteiger partial charge in [0.2, 0.25) is 6.29 Å². The van der Waals surface area contributed by atoms with E-state index in [-0.39, 0.29) is 33.6 Å². The van der Waals surface area contributed by atoms with E-state index in [1.165, 1.54) is 37.4 Å². The van der Waals surface area contributed by atoms with Crippen molar-refractivity contribution in [3.8, 4) is 17.2 Å². The summed E-state index contributed by atoms with van der Waals surface area (Å²) in [5, 5.41) is 34.6. The lowest BCUT2D eigenvalue weighted by molar-refractivity contribution is -0.304. The summed E-state index contributed by atoms with van der Waals surface area (Å²) in [6, 6.07) is 7.22. The third-order valence-electron chi connectivity index (χ3n) is 7.59. The lowest BCUT2D eigenvalue weighted by Crippen LogP contribution is -2.65. The first-order valence-corrected chi connectivity index (χ1v) is 14.1. The number of fused-ring (bicyclic) bond motifs is 1. The fraction of sp³-hybridized carbons (Fsp3) is 0.452. The molecule has 1 fully saturated rings. The van der Waals surface area contributed by atoms with Crippen LogP contribution in [0.4, 0.5) is 10.5 Å². The van der Waals surface area contributed by atoms with Gasteiger partial charge in [0.05, 0.1) is 11.0 Å². The third-order valence-corrected chi connectivity index (χ3v) is 7.59. The van der Waals surface area contributed by atoms with Gasteiger partial charge < -0.3 is 49.7 Å². The topological polar surface area (TPSA) is 200 Å². The number of aryl methyl sites for hydroxylation is 2. The molecule has 1 saturated heterocycles. The molecule has 13 nitrogen and oxygen atoms in total. The van der Waals surface area contributed by atoms with Gasteiger partial charge in [0.25, 0.3) is 5.91 Å². The van der Waals surface area contributed by atoms with Gasteiger partial charge in [-0.05, 0) is 75.4 Å². The van der Waals surface area contributed by atoms with Gasteiger partial charge in [0.15, 0.2) is 23.6 Å². The largest absolute Gasteiger partial charge is 0.508 e. The highest BCUT2D eigenvalue weighted by Crippen LogP contribution is 2.38. The van der Waals surface area contributed by atoms with Crippen molar-refractivity contribution in [3.63, 3.8) is 0 Å². The smallest absolute Gasteiger partial charge is 0.404 e. The van der Waals surface area contributed by atoms with Gasteiger partial charge in [-0.15, -0.1) is 0 Å². The third kappa shape index (κ3) is 6.59. The van der Waals surface area contributed by atoms with Gasteiger partial charge in [0, 0.05) is 18.2 Å². The van der Waals surface area contributed by atoms with E-state index in [0.29, 0.717) is 17.9 Å². The Morgan fingerprint density at radius 2 is 1.86 bits per heavy atom. The number of amides is 2. The lowest BCUT2D eigenvalue weighted by atomic mass is 9.89. The van der Waals surface area contributed by atoms with Crippen LogP contribution in [0.1, 0.15) is 55.6 Å². The molecular formula is C31H38N2O11. The van der Waals surface area contributed by atoms with Crippen molar-refractivity contribution in [1.82, 2.24) is 0 Å². The summed E-state index contributed by atoms with van der Waals surface area (Å²) in [5.41, 5.74) is 3.65. The van der Waals surface area contributed by atoms with E-state index in [1.54, 1.807) is 20.8 Å². The van der Waals surface area contributed by atoms with E-state index in [9.17, 15) is 29.7 Å². The maximum atomic E-state index is 13.0. The fourth-order valence-electron chi connectivity index (χ4n) is 5.23. The number of aliphatic hydroxyl groups is 1. The van der Waals surface area contributed by atoms with Gasteiger partial charge in [-0.1, -0.05) is 13.8 Å². The monoisotopic (exact) mass is 614 g/mol. The molecule has 238 valence electrons. The molecule has 1 aliphatic rings. The molecule has 0 spiro atoms. The second-order valence-electron chi connectivity index (χ2n) is 11.7. The van der Waals surface area contributed by atoms with Gasteiger partial charge in [-0.2, -0.15) is 0 Å². The highest BCUT2D eigenvalue weighted by molar-refractivity contribution is 6.06. The predicted molar refractivity (Wildman–Crippen MR) is 159 cm³/mol. The number of ether oxygens (including phenoxy) is 4. The molecule has 0 radical (unpaired) electrons. The van der Waals surface area contributed by atoms with Crippen LogP contribution in [0.25, 0.3) is 11.0 Å². The van der Waals surface area contributed by atoms with Crippen LogP contribution in [-0.4, -0.2) is 64.6 Å². The van der Waals surface area contributed by atoms with Gasteiger partial charge in [-0.3, -0.25) is 4.79 Å². The minimum atomic E-state index is -1.51. The van der Waals surface area contributed by atoms with Crippen LogP contribution in [0.5, 0.6) is 17.2 Å². The molecule has 2 amide bonds. The van der Waals surface area contributed by atoms with Crippen LogP contribution in [0.3, 0.4) is 0 Å². The number of phenolic OH excluding ortho intramolecular Hbond substituents is 1. The average Bonchev–Trinajstić information content (AvgIpc) is 2.94. The van der Waals surface area contributed by atoms with E-state index in [2.05, 4.69) is 5.32 Å². The summed E-state index contributed by atoms with van der Waals surface area (Å²) in [7, 11) is 1.37. The molecule has 1 aromatic heterocycles. The molecule has 0 unspecified atom stereocenters. The van der Waals surface area contributed by atoms with Crippen LogP contribution in [0.2, 0.25) is 0 Å². The molecule has 2 aromatic carbocycles. The fourth-order valence-corrected chi connectivity index (χ4v) is 5.23. The Labute approximate surface area is 253 Å². The number of primary amides is 1. The van der Waals surface area contributed by atoms with Crippen molar-refractivity contribution in [2.75, 3.05) is 12.4 Å². The highest BCUT2D eigenvalue weighted by Gasteiger charge is 2.53. The summed E-state index contributed by atoms with van der Waals surface area (Å²) in [5.74, 6) is -0.617. The molecule has 13 heteroatoms. The zero-order valence-corrected chi connectivity index (χ0v) is 25.4. The number of nitrogens with two attached hydrogens (primary N) is 1. The molecular weight excluding hydrogens is 576 g/mol. The number of rotatable bonds is 9. The highest BCUT2D eigenvalue weighted by atomic mass is 16.7. The second kappa shape index (κ2) is 12.7. The van der Waals surface area contributed by atoms with Crippen LogP contribution in [0.15, 0.2) is 39.5 Å². The summed E-state index contributed by atoms with van der Waals surface area (Å²) in [6.07, 6.45) is -4.72. The number of aliphatic hydroxyl groups excluding tert-OH is 1. The van der Waals surface area contributed by atoms with Gasteiger partial charge in [-0.25, -0.2) is 9.59 Å². The number of aromatic hydroxyl groups is 2. The van der Waals surface area contributed by atoms with Crippen molar-refractivity contribution in [2.24, 2.45) is 11.7 Å². The molecule has 0 bridgehead atoms. The van der Waals surface area contributed by atoms with Crippen molar-refractivity contribution in [2.45, 2.75) is 77.7 Å². The van der Waals surface area contributed by atoms with Crippen molar-refractivity contribution in [3.05, 3.63) is 57.4 Å². The van der Waals surface area contributed by atoms with Crippen LogP contribution in [-0.2, 0) is 20.6 Å². The molecule has 44 heavy (non-hydrogen) atoms. The molecule has 4 rings (SSSR count). The van der Waals surface area contributed by atoms with E-state index in [1.807, 2.05) is 13.8 Å². The van der Waals surface area contributed by atoms with Crippen LogP contribution >= 0.6 is 0 Å². The van der Waals surface area contributed by atoms with E-state index >= 15 is 0 Å². The normalized spacial score (nSPS) is 21.3. The predicted octanol–water partition coefficient (Wildman–Crippen LogP) is 3.71. The first-order chi connectivity index (χ1) is 20.6. The Bertz CT molecular complexity index is 1610. The molecule has 0 saturated carbocycles. The molecule has 4 atom stereocenters. The maximum Gasteiger partial charge on any atom is 0.404 e. The number of nitrogens with one attached hydrogen (secondary N) is 1. The quantitative estimate of drug-likeness (QED) is 0.220. The lowest BCUT2D eigenvalue weighted by Gasteiger charge is -2.47.